The lowest BCUT2D eigenvalue weighted by Gasteiger charge is -2.10. The minimum atomic E-state index is 0.695. The van der Waals surface area contributed by atoms with Crippen LogP contribution in [0, 0.1) is 12.8 Å². The summed E-state index contributed by atoms with van der Waals surface area (Å²) in [5, 5.41) is 2.75. The van der Waals surface area contributed by atoms with E-state index in [-0.39, 0.29) is 0 Å². The Morgan fingerprint density at radius 2 is 1.80 bits per heavy atom. The van der Waals surface area contributed by atoms with Crippen LogP contribution in [0.5, 0.6) is 0 Å². The Hall–Kier alpha value is -1.82. The van der Waals surface area contributed by atoms with Gasteiger partial charge in [0, 0.05) is 0 Å². The first kappa shape index (κ1) is 13.2. The van der Waals surface area contributed by atoms with Crippen molar-refractivity contribution in [2.45, 2.75) is 33.6 Å². The quantitative estimate of drug-likeness (QED) is 0.645. The summed E-state index contributed by atoms with van der Waals surface area (Å²) in [5.41, 5.74) is 5.71. The third-order valence-electron chi connectivity index (χ3n) is 4.60. The summed E-state index contributed by atoms with van der Waals surface area (Å²) in [7, 11) is 0. The monoisotopic (exact) mass is 262 g/mol. The van der Waals surface area contributed by atoms with Gasteiger partial charge < -0.3 is 0 Å². The molecular weight excluding hydrogens is 240 g/mol. The summed E-state index contributed by atoms with van der Waals surface area (Å²) in [6, 6.07) is 13.3. The SMILES string of the molecule is CCC(C)C1=CC(c2ccc(C)c3ccccc23)=CC1. The molecule has 2 aromatic carbocycles. The Kier molecular flexibility index (Phi) is 3.48. The average molecular weight is 262 g/mol. The zero-order valence-electron chi connectivity index (χ0n) is 12.6. The van der Waals surface area contributed by atoms with Gasteiger partial charge in [0.25, 0.3) is 0 Å². The molecular formula is C20H22. The molecule has 0 nitrogen and oxygen atoms in total. The minimum absolute atomic E-state index is 0.695. The van der Waals surface area contributed by atoms with Crippen molar-refractivity contribution in [3.8, 4) is 0 Å². The van der Waals surface area contributed by atoms with E-state index in [1.54, 1.807) is 5.57 Å². The Morgan fingerprint density at radius 1 is 1.05 bits per heavy atom. The zero-order chi connectivity index (χ0) is 14.1. The highest BCUT2D eigenvalue weighted by atomic mass is 14.2. The molecule has 0 spiro atoms. The lowest BCUT2D eigenvalue weighted by Crippen LogP contribution is -1.94. The number of hydrogen-bond donors (Lipinski definition) is 0. The molecule has 0 saturated carbocycles. The van der Waals surface area contributed by atoms with Crippen molar-refractivity contribution in [2.24, 2.45) is 5.92 Å². The second-order valence-corrected chi connectivity index (χ2v) is 5.87. The molecule has 1 unspecified atom stereocenters. The molecule has 0 aromatic heterocycles. The molecule has 0 heteroatoms. The van der Waals surface area contributed by atoms with Crippen molar-refractivity contribution >= 4 is 16.3 Å². The van der Waals surface area contributed by atoms with Crippen molar-refractivity contribution in [3.63, 3.8) is 0 Å². The van der Waals surface area contributed by atoms with Crippen LogP contribution in [0.25, 0.3) is 16.3 Å². The third kappa shape index (κ3) is 2.20. The second-order valence-electron chi connectivity index (χ2n) is 5.87. The molecule has 0 fully saturated rings. The van der Waals surface area contributed by atoms with Gasteiger partial charge in [-0.25, -0.2) is 0 Å². The highest BCUT2D eigenvalue weighted by molar-refractivity contribution is 5.98. The summed E-state index contributed by atoms with van der Waals surface area (Å²) in [6.07, 6.45) is 7.14. The maximum Gasteiger partial charge on any atom is -0.0103 e. The smallest absolute Gasteiger partial charge is 0.0103 e. The number of benzene rings is 2. The van der Waals surface area contributed by atoms with Gasteiger partial charge in [-0.05, 0) is 53.2 Å². The maximum absolute atomic E-state index is 2.41. The van der Waals surface area contributed by atoms with Crippen molar-refractivity contribution in [2.75, 3.05) is 0 Å². The van der Waals surface area contributed by atoms with E-state index in [0.29, 0.717) is 5.92 Å². The van der Waals surface area contributed by atoms with Crippen LogP contribution in [-0.2, 0) is 0 Å². The van der Waals surface area contributed by atoms with Crippen molar-refractivity contribution < 1.29 is 0 Å². The summed E-state index contributed by atoms with van der Waals surface area (Å²) in [6.45, 7) is 6.79. The Balaban J connectivity index is 2.09. The fourth-order valence-corrected chi connectivity index (χ4v) is 3.04. The van der Waals surface area contributed by atoms with Crippen LogP contribution < -0.4 is 0 Å². The van der Waals surface area contributed by atoms with Gasteiger partial charge in [-0.3, -0.25) is 0 Å². The predicted octanol–water partition coefficient (Wildman–Crippen LogP) is 5.91. The van der Waals surface area contributed by atoms with E-state index < -0.39 is 0 Å². The van der Waals surface area contributed by atoms with E-state index in [0.717, 1.165) is 6.42 Å². The van der Waals surface area contributed by atoms with Crippen LogP contribution in [0.15, 0.2) is 54.1 Å². The lowest BCUT2D eigenvalue weighted by atomic mass is 9.95. The van der Waals surface area contributed by atoms with Crippen LogP contribution in [0.3, 0.4) is 0 Å². The highest BCUT2D eigenvalue weighted by Gasteiger charge is 2.14. The topological polar surface area (TPSA) is 0 Å². The Labute approximate surface area is 121 Å². The maximum atomic E-state index is 2.41. The van der Waals surface area contributed by atoms with Gasteiger partial charge in [-0.2, -0.15) is 0 Å². The Bertz CT molecular complexity index is 701. The summed E-state index contributed by atoms with van der Waals surface area (Å²) >= 11 is 0. The molecule has 0 amide bonds. The third-order valence-corrected chi connectivity index (χ3v) is 4.60. The molecule has 0 N–H and O–H groups in total. The van der Waals surface area contributed by atoms with E-state index in [2.05, 4.69) is 69.3 Å². The molecule has 0 saturated heterocycles. The van der Waals surface area contributed by atoms with Crippen molar-refractivity contribution in [1.82, 2.24) is 0 Å². The first-order valence-electron chi connectivity index (χ1n) is 7.60. The van der Waals surface area contributed by atoms with Gasteiger partial charge in [0.15, 0.2) is 0 Å². The van der Waals surface area contributed by atoms with E-state index in [1.165, 1.54) is 33.9 Å². The first-order chi connectivity index (χ1) is 9.70. The average Bonchev–Trinajstić information content (AvgIpc) is 2.97. The van der Waals surface area contributed by atoms with Crippen LogP contribution in [0.4, 0.5) is 0 Å². The number of aryl methyl sites for hydroxylation is 1. The van der Waals surface area contributed by atoms with Crippen LogP contribution in [-0.4, -0.2) is 0 Å². The molecule has 0 aliphatic heterocycles. The largest absolute Gasteiger partial charge is 0.0726 e. The molecule has 3 rings (SSSR count). The fraction of sp³-hybridized carbons (Fsp3) is 0.300. The predicted molar refractivity (Wildman–Crippen MR) is 88.8 cm³/mol. The molecule has 1 aliphatic carbocycles. The minimum Gasteiger partial charge on any atom is -0.0726 e. The van der Waals surface area contributed by atoms with E-state index in [9.17, 15) is 0 Å². The van der Waals surface area contributed by atoms with Crippen LogP contribution in [0.2, 0.25) is 0 Å². The zero-order valence-corrected chi connectivity index (χ0v) is 12.6. The molecule has 102 valence electrons. The van der Waals surface area contributed by atoms with Gasteiger partial charge >= 0.3 is 0 Å². The van der Waals surface area contributed by atoms with Crippen LogP contribution in [0.1, 0.15) is 37.8 Å². The molecule has 1 atom stereocenters. The molecule has 1 aliphatic rings. The van der Waals surface area contributed by atoms with E-state index in [1.807, 2.05) is 0 Å². The molecule has 0 bridgehead atoms. The molecule has 0 heterocycles. The second kappa shape index (κ2) is 5.28. The van der Waals surface area contributed by atoms with Crippen LogP contribution >= 0.6 is 0 Å². The molecule has 0 radical (unpaired) electrons. The summed E-state index contributed by atoms with van der Waals surface area (Å²) in [5.74, 6) is 0.695. The van der Waals surface area contributed by atoms with Gasteiger partial charge in [-0.15, -0.1) is 0 Å². The van der Waals surface area contributed by atoms with E-state index >= 15 is 0 Å². The van der Waals surface area contributed by atoms with Gasteiger partial charge in [0.1, 0.15) is 0 Å². The summed E-state index contributed by atoms with van der Waals surface area (Å²) in [4.78, 5) is 0. The van der Waals surface area contributed by atoms with Gasteiger partial charge in [0.2, 0.25) is 0 Å². The first-order valence-corrected chi connectivity index (χ1v) is 7.60. The fourth-order valence-electron chi connectivity index (χ4n) is 3.04. The number of hydrogen-bond acceptors (Lipinski definition) is 0. The lowest BCUT2D eigenvalue weighted by molar-refractivity contribution is 0.646. The standard InChI is InChI=1S/C20H22/c1-4-14(2)16-10-11-17(13-16)19-12-9-15(3)18-7-5-6-8-20(18)19/h5-9,11-14H,4,10H2,1-3H3. The number of fused-ring (bicyclic) bond motifs is 1. The normalized spacial score (nSPS) is 16.1. The number of allylic oxidation sites excluding steroid dienone is 4. The van der Waals surface area contributed by atoms with Gasteiger partial charge in [0.05, 0.1) is 0 Å². The van der Waals surface area contributed by atoms with Crippen molar-refractivity contribution in [3.05, 3.63) is 65.3 Å². The summed E-state index contributed by atoms with van der Waals surface area (Å²) < 4.78 is 0. The Morgan fingerprint density at radius 3 is 2.55 bits per heavy atom. The molecule has 20 heavy (non-hydrogen) atoms. The number of rotatable bonds is 3. The molecule has 2 aromatic rings. The highest BCUT2D eigenvalue weighted by Crippen LogP contribution is 2.35. The van der Waals surface area contributed by atoms with Crippen molar-refractivity contribution in [1.29, 1.82) is 0 Å². The van der Waals surface area contributed by atoms with Gasteiger partial charge in [-0.1, -0.05) is 68.0 Å². The van der Waals surface area contributed by atoms with E-state index in [4.69, 9.17) is 0 Å².